The molecule has 10 nitrogen and oxygen atoms in total. The average Bonchev–Trinajstić information content (AvgIpc) is 3.02. The van der Waals surface area contributed by atoms with Crippen molar-refractivity contribution in [3.05, 3.63) is 58.1 Å². The van der Waals surface area contributed by atoms with Crippen molar-refractivity contribution < 1.29 is 10.0 Å². The molecule has 0 radical (unpaired) electrons. The predicted octanol–water partition coefficient (Wildman–Crippen LogP) is 3.06. The van der Waals surface area contributed by atoms with Gasteiger partial charge in [-0.05, 0) is 19.1 Å². The van der Waals surface area contributed by atoms with E-state index < -0.39 is 4.92 Å². The van der Waals surface area contributed by atoms with Gasteiger partial charge in [-0.3, -0.25) is 10.1 Å². The van der Waals surface area contributed by atoms with E-state index in [-0.39, 0.29) is 22.9 Å². The molecule has 0 bridgehead atoms. The van der Waals surface area contributed by atoms with Gasteiger partial charge in [-0.2, -0.15) is 10.1 Å². The van der Waals surface area contributed by atoms with E-state index >= 15 is 0 Å². The molecule has 0 amide bonds. The van der Waals surface area contributed by atoms with E-state index in [2.05, 4.69) is 25.7 Å². The van der Waals surface area contributed by atoms with Crippen molar-refractivity contribution in [2.75, 3.05) is 5.43 Å². The number of phenolic OH excluding ortho intramolecular Hbond substituents is 1. The van der Waals surface area contributed by atoms with E-state index in [9.17, 15) is 15.2 Å². The van der Waals surface area contributed by atoms with Gasteiger partial charge < -0.3 is 9.67 Å². The number of fused-ring (bicyclic) bond motifs is 3. The molecule has 0 saturated carbocycles. The fourth-order valence-corrected chi connectivity index (χ4v) is 2.99. The quantitative estimate of drug-likeness (QED) is 0.310. The summed E-state index contributed by atoms with van der Waals surface area (Å²) in [6.45, 7) is 2.73. The number of aromatic nitrogens is 4. The van der Waals surface area contributed by atoms with Crippen molar-refractivity contribution in [1.82, 2.24) is 19.7 Å². The monoisotopic (exact) mass is 377 g/mol. The number of nitrogens with zero attached hydrogens (tertiary/aromatic N) is 6. The molecule has 28 heavy (non-hydrogen) atoms. The molecule has 2 N–H and O–H groups in total. The zero-order chi connectivity index (χ0) is 19.7. The number of nitro groups is 1. The summed E-state index contributed by atoms with van der Waals surface area (Å²) in [5, 5.41) is 33.9. The second-order valence-corrected chi connectivity index (χ2v) is 5.94. The number of aryl methyl sites for hydroxylation is 1. The maximum atomic E-state index is 10.9. The van der Waals surface area contributed by atoms with Crippen LogP contribution in [0.1, 0.15) is 12.5 Å². The summed E-state index contributed by atoms with van der Waals surface area (Å²) in [5.41, 5.74) is 5.08. The topological polar surface area (TPSA) is 131 Å². The number of benzene rings is 2. The number of para-hydroxylation sites is 1. The van der Waals surface area contributed by atoms with Gasteiger partial charge in [-0.1, -0.05) is 18.2 Å². The summed E-state index contributed by atoms with van der Waals surface area (Å²) >= 11 is 0. The number of nitro benzene ring substituents is 1. The van der Waals surface area contributed by atoms with Crippen LogP contribution in [0.2, 0.25) is 0 Å². The Balaban J connectivity index is 1.66. The molecule has 0 aliphatic rings. The molecule has 0 spiro atoms. The SMILES string of the molecule is CCn1c2ccccc2c2nnc(N/N=C/c3cc([N+](=O)[O-])ccc3O)nc21. The molecule has 2 aromatic heterocycles. The first-order valence-electron chi connectivity index (χ1n) is 8.46. The molecule has 0 aliphatic carbocycles. The summed E-state index contributed by atoms with van der Waals surface area (Å²) in [5.74, 6) is 0.0444. The fraction of sp³-hybridized carbons (Fsp3) is 0.111. The average molecular weight is 377 g/mol. The van der Waals surface area contributed by atoms with Crippen LogP contribution >= 0.6 is 0 Å². The van der Waals surface area contributed by atoms with Gasteiger partial charge in [-0.15, -0.1) is 10.2 Å². The van der Waals surface area contributed by atoms with Crippen molar-refractivity contribution in [3.63, 3.8) is 0 Å². The minimum absolute atomic E-state index is 0.128. The lowest BCUT2D eigenvalue weighted by Gasteiger charge is -2.02. The lowest BCUT2D eigenvalue weighted by atomic mass is 10.2. The molecule has 4 rings (SSSR count). The van der Waals surface area contributed by atoms with E-state index in [0.717, 1.165) is 10.9 Å². The van der Waals surface area contributed by atoms with Crippen LogP contribution in [0.25, 0.3) is 22.1 Å². The molecular formula is C18H15N7O3. The highest BCUT2D eigenvalue weighted by Crippen LogP contribution is 2.26. The van der Waals surface area contributed by atoms with Crippen LogP contribution in [0.3, 0.4) is 0 Å². The molecule has 0 aliphatic heterocycles. The van der Waals surface area contributed by atoms with Crippen molar-refractivity contribution in [1.29, 1.82) is 0 Å². The molecule has 10 heteroatoms. The van der Waals surface area contributed by atoms with Gasteiger partial charge in [0.2, 0.25) is 0 Å². The summed E-state index contributed by atoms with van der Waals surface area (Å²) in [6.07, 6.45) is 1.26. The first-order chi connectivity index (χ1) is 13.6. The molecule has 140 valence electrons. The lowest BCUT2D eigenvalue weighted by Crippen LogP contribution is -2.02. The van der Waals surface area contributed by atoms with Gasteiger partial charge >= 0.3 is 0 Å². The Bertz CT molecular complexity index is 1230. The number of phenols is 1. The Morgan fingerprint density at radius 1 is 1.29 bits per heavy atom. The van der Waals surface area contributed by atoms with Crippen molar-refractivity contribution in [2.45, 2.75) is 13.5 Å². The number of hydrazone groups is 1. The van der Waals surface area contributed by atoms with E-state index in [1.54, 1.807) is 0 Å². The smallest absolute Gasteiger partial charge is 0.270 e. The Hall–Kier alpha value is -4.08. The van der Waals surface area contributed by atoms with Crippen LogP contribution in [0.5, 0.6) is 5.75 Å². The Kier molecular flexibility index (Phi) is 4.28. The second kappa shape index (κ2) is 6.91. The maximum Gasteiger partial charge on any atom is 0.270 e. The van der Waals surface area contributed by atoms with Gasteiger partial charge in [0.25, 0.3) is 11.6 Å². The molecule has 0 unspecified atom stereocenters. The van der Waals surface area contributed by atoms with E-state index in [0.29, 0.717) is 17.7 Å². The van der Waals surface area contributed by atoms with Crippen molar-refractivity contribution in [3.8, 4) is 5.75 Å². The molecule has 4 aromatic rings. The summed E-state index contributed by atoms with van der Waals surface area (Å²) in [7, 11) is 0. The largest absolute Gasteiger partial charge is 0.507 e. The third-order valence-electron chi connectivity index (χ3n) is 4.28. The van der Waals surface area contributed by atoms with Gasteiger partial charge in [0.1, 0.15) is 11.3 Å². The summed E-state index contributed by atoms with van der Waals surface area (Å²) < 4.78 is 2.03. The van der Waals surface area contributed by atoms with Crippen LogP contribution in [-0.4, -0.2) is 36.0 Å². The lowest BCUT2D eigenvalue weighted by molar-refractivity contribution is -0.384. The van der Waals surface area contributed by atoms with Crippen LogP contribution < -0.4 is 5.43 Å². The molecule has 0 fully saturated rings. The molecular weight excluding hydrogens is 362 g/mol. The van der Waals surface area contributed by atoms with Crippen LogP contribution in [0.15, 0.2) is 47.6 Å². The summed E-state index contributed by atoms with van der Waals surface area (Å²) in [6, 6.07) is 11.5. The fourth-order valence-electron chi connectivity index (χ4n) is 2.99. The Morgan fingerprint density at radius 3 is 2.89 bits per heavy atom. The Labute approximate surface area is 158 Å². The molecule has 2 aromatic carbocycles. The molecule has 2 heterocycles. The highest BCUT2D eigenvalue weighted by atomic mass is 16.6. The van der Waals surface area contributed by atoms with E-state index in [1.165, 1.54) is 24.4 Å². The van der Waals surface area contributed by atoms with Gasteiger partial charge in [-0.25, -0.2) is 5.43 Å². The van der Waals surface area contributed by atoms with Crippen molar-refractivity contribution in [2.24, 2.45) is 5.10 Å². The number of hydrogen-bond donors (Lipinski definition) is 2. The van der Waals surface area contributed by atoms with Crippen LogP contribution in [0.4, 0.5) is 11.6 Å². The van der Waals surface area contributed by atoms with Gasteiger partial charge in [0.05, 0.1) is 16.7 Å². The van der Waals surface area contributed by atoms with E-state index in [1.807, 2.05) is 35.8 Å². The van der Waals surface area contributed by atoms with Gasteiger partial charge in [0, 0.05) is 29.6 Å². The predicted molar refractivity (Wildman–Crippen MR) is 104 cm³/mol. The molecule has 0 atom stereocenters. The van der Waals surface area contributed by atoms with Crippen molar-refractivity contribution >= 4 is 39.9 Å². The first kappa shape index (κ1) is 17.3. The normalized spacial score (nSPS) is 11.5. The molecule has 0 saturated heterocycles. The zero-order valence-corrected chi connectivity index (χ0v) is 14.8. The number of nitrogens with one attached hydrogen (secondary N) is 1. The van der Waals surface area contributed by atoms with Gasteiger partial charge in [0.15, 0.2) is 5.65 Å². The number of hydrogen-bond acceptors (Lipinski definition) is 8. The minimum atomic E-state index is -0.547. The maximum absolute atomic E-state index is 10.9. The number of anilines is 1. The first-order valence-corrected chi connectivity index (χ1v) is 8.46. The number of aromatic hydroxyl groups is 1. The van der Waals surface area contributed by atoms with Crippen LogP contribution in [0, 0.1) is 10.1 Å². The van der Waals surface area contributed by atoms with Crippen LogP contribution in [-0.2, 0) is 6.54 Å². The highest BCUT2D eigenvalue weighted by Gasteiger charge is 2.13. The third kappa shape index (κ3) is 2.96. The number of non-ortho nitro benzene ring substituents is 1. The zero-order valence-electron chi connectivity index (χ0n) is 14.8. The van der Waals surface area contributed by atoms with E-state index in [4.69, 9.17) is 0 Å². The second-order valence-electron chi connectivity index (χ2n) is 5.94. The number of rotatable bonds is 5. The minimum Gasteiger partial charge on any atom is -0.507 e. The highest BCUT2D eigenvalue weighted by molar-refractivity contribution is 6.04. The standard InChI is InChI=1S/C18H15N7O3/c1-2-24-14-6-4-3-5-13(14)16-17(24)20-18(23-21-16)22-19-10-11-9-12(25(27)28)7-8-15(11)26/h3-10,26H,2H2,1H3,(H,20,22,23)/b19-10+. The summed E-state index contributed by atoms with van der Waals surface area (Å²) in [4.78, 5) is 14.8. The Morgan fingerprint density at radius 2 is 2.11 bits per heavy atom. The third-order valence-corrected chi connectivity index (χ3v) is 4.28.